The van der Waals surface area contributed by atoms with Gasteiger partial charge in [-0.1, -0.05) is 45.9 Å². The molecular weight excluding hydrogens is 278 g/mol. The molecule has 122 valence electrons. The number of hydrogen-bond donors (Lipinski definition) is 2. The number of aliphatic hydroxyl groups excluding tert-OH is 1. The van der Waals surface area contributed by atoms with Crippen LogP contribution in [0.1, 0.15) is 33.3 Å². The molecule has 4 nitrogen and oxygen atoms in total. The molecule has 1 rings (SSSR count). The van der Waals surface area contributed by atoms with E-state index in [9.17, 15) is 9.90 Å². The number of carbonyl (C=O) groups excluding carboxylic acids is 1. The summed E-state index contributed by atoms with van der Waals surface area (Å²) in [5.41, 5.74) is 0.476. The highest BCUT2D eigenvalue weighted by atomic mass is 16.5. The number of aliphatic hydroxyl groups is 1. The van der Waals surface area contributed by atoms with Crippen molar-refractivity contribution in [3.63, 3.8) is 0 Å². The van der Waals surface area contributed by atoms with E-state index in [0.717, 1.165) is 11.3 Å². The van der Waals surface area contributed by atoms with Gasteiger partial charge in [0.25, 0.3) is 0 Å². The van der Waals surface area contributed by atoms with Crippen LogP contribution in [0.2, 0.25) is 0 Å². The number of benzene rings is 1. The van der Waals surface area contributed by atoms with Gasteiger partial charge in [-0.3, -0.25) is 4.79 Å². The van der Waals surface area contributed by atoms with E-state index in [4.69, 9.17) is 4.74 Å². The van der Waals surface area contributed by atoms with Gasteiger partial charge in [0.15, 0.2) is 0 Å². The van der Waals surface area contributed by atoms with Crippen LogP contribution in [0, 0.1) is 11.3 Å². The standard InChI is InChI=1S/C18H27NO3/c1-13(2)17(21)18(3,4)12-19-16(20)11-10-14-8-6-7-9-15(14)22-5/h6-11,13,17,21H,12H2,1-5H3,(H,19,20)/b11-10+. The molecule has 4 heteroatoms. The van der Waals surface area contributed by atoms with Crippen LogP contribution in [-0.4, -0.2) is 30.8 Å². The number of amides is 1. The van der Waals surface area contributed by atoms with Gasteiger partial charge in [-0.05, 0) is 18.1 Å². The predicted molar refractivity (Wildman–Crippen MR) is 89.7 cm³/mol. The highest BCUT2D eigenvalue weighted by Crippen LogP contribution is 2.25. The Balaban J connectivity index is 2.61. The third-order valence-corrected chi connectivity index (χ3v) is 3.70. The highest BCUT2D eigenvalue weighted by Gasteiger charge is 2.30. The molecule has 0 bridgehead atoms. The maximum atomic E-state index is 11.9. The van der Waals surface area contributed by atoms with Crippen LogP contribution in [0.15, 0.2) is 30.3 Å². The lowest BCUT2D eigenvalue weighted by atomic mass is 9.81. The van der Waals surface area contributed by atoms with Crippen molar-refractivity contribution in [1.82, 2.24) is 5.32 Å². The maximum Gasteiger partial charge on any atom is 0.244 e. The van der Waals surface area contributed by atoms with Crippen LogP contribution in [-0.2, 0) is 4.79 Å². The molecule has 0 radical (unpaired) electrons. The molecule has 1 aromatic carbocycles. The van der Waals surface area contributed by atoms with Gasteiger partial charge in [0.1, 0.15) is 5.75 Å². The second-order valence-electron chi connectivity index (χ2n) is 6.47. The lowest BCUT2D eigenvalue weighted by Crippen LogP contribution is -2.43. The molecule has 0 aliphatic rings. The summed E-state index contributed by atoms with van der Waals surface area (Å²) in [7, 11) is 1.60. The molecule has 0 aliphatic carbocycles. The van der Waals surface area contributed by atoms with Crippen LogP contribution in [0.25, 0.3) is 6.08 Å². The van der Waals surface area contributed by atoms with Crippen LogP contribution in [0.4, 0.5) is 0 Å². The van der Waals surface area contributed by atoms with E-state index in [0.29, 0.717) is 6.54 Å². The lowest BCUT2D eigenvalue weighted by Gasteiger charge is -2.33. The fourth-order valence-electron chi connectivity index (χ4n) is 2.35. The Morgan fingerprint density at radius 3 is 2.59 bits per heavy atom. The number of ether oxygens (including phenoxy) is 1. The van der Waals surface area contributed by atoms with Crippen LogP contribution in [0.3, 0.4) is 0 Å². The second kappa shape index (κ2) is 7.99. The molecule has 2 N–H and O–H groups in total. The first-order valence-electron chi connectivity index (χ1n) is 7.55. The molecule has 0 saturated carbocycles. The molecule has 0 heterocycles. The first-order valence-corrected chi connectivity index (χ1v) is 7.55. The first-order chi connectivity index (χ1) is 10.3. The quantitative estimate of drug-likeness (QED) is 0.762. The van der Waals surface area contributed by atoms with Crippen molar-refractivity contribution in [1.29, 1.82) is 0 Å². The Hall–Kier alpha value is -1.81. The largest absolute Gasteiger partial charge is 0.496 e. The third-order valence-electron chi connectivity index (χ3n) is 3.70. The number of nitrogens with one attached hydrogen (secondary N) is 1. The van der Waals surface area contributed by atoms with E-state index in [1.54, 1.807) is 13.2 Å². The van der Waals surface area contributed by atoms with Gasteiger partial charge < -0.3 is 15.2 Å². The van der Waals surface area contributed by atoms with E-state index in [1.165, 1.54) is 6.08 Å². The van der Waals surface area contributed by atoms with Gasteiger partial charge >= 0.3 is 0 Å². The summed E-state index contributed by atoms with van der Waals surface area (Å²) in [5.74, 6) is 0.688. The molecule has 0 saturated heterocycles. The maximum absolute atomic E-state index is 11.9. The zero-order valence-electron chi connectivity index (χ0n) is 14.1. The average Bonchev–Trinajstić information content (AvgIpc) is 2.50. The fraction of sp³-hybridized carbons (Fsp3) is 0.500. The topological polar surface area (TPSA) is 58.6 Å². The number of methoxy groups -OCH3 is 1. The summed E-state index contributed by atoms with van der Waals surface area (Å²) in [4.78, 5) is 11.9. The molecule has 22 heavy (non-hydrogen) atoms. The molecule has 1 unspecified atom stereocenters. The summed E-state index contributed by atoms with van der Waals surface area (Å²) in [6.07, 6.45) is 2.74. The van der Waals surface area contributed by atoms with E-state index < -0.39 is 6.10 Å². The number of hydrogen-bond acceptors (Lipinski definition) is 3. The van der Waals surface area contributed by atoms with Crippen molar-refractivity contribution in [3.05, 3.63) is 35.9 Å². The number of rotatable bonds is 7. The predicted octanol–water partition coefficient (Wildman–Crippen LogP) is 2.87. The van der Waals surface area contributed by atoms with E-state index in [-0.39, 0.29) is 17.2 Å². The molecule has 0 spiro atoms. The van der Waals surface area contributed by atoms with Crippen molar-refractivity contribution in [3.8, 4) is 5.75 Å². The Labute approximate surface area is 133 Å². The molecule has 0 aromatic heterocycles. The third kappa shape index (κ3) is 5.19. The molecular formula is C18H27NO3. The zero-order chi connectivity index (χ0) is 16.8. The first kappa shape index (κ1) is 18.2. The minimum Gasteiger partial charge on any atom is -0.496 e. The fourth-order valence-corrected chi connectivity index (χ4v) is 2.35. The Morgan fingerprint density at radius 2 is 2.00 bits per heavy atom. The van der Waals surface area contributed by atoms with Gasteiger partial charge in [0.2, 0.25) is 5.91 Å². The van der Waals surface area contributed by atoms with Gasteiger partial charge in [0, 0.05) is 23.6 Å². The van der Waals surface area contributed by atoms with Crippen LogP contribution < -0.4 is 10.1 Å². The minimum atomic E-state index is -0.467. The minimum absolute atomic E-state index is 0.149. The van der Waals surface area contributed by atoms with Gasteiger partial charge in [0.05, 0.1) is 13.2 Å². The molecule has 1 aromatic rings. The van der Waals surface area contributed by atoms with Gasteiger partial charge in [-0.2, -0.15) is 0 Å². The summed E-state index contributed by atoms with van der Waals surface area (Å²) in [6, 6.07) is 7.50. The summed E-state index contributed by atoms with van der Waals surface area (Å²) < 4.78 is 5.23. The summed E-state index contributed by atoms with van der Waals surface area (Å²) in [6.45, 7) is 8.25. The smallest absolute Gasteiger partial charge is 0.244 e. The van der Waals surface area contributed by atoms with Crippen LogP contribution in [0.5, 0.6) is 5.75 Å². The average molecular weight is 305 g/mol. The Kier molecular flexibility index (Phi) is 6.62. The molecule has 0 aliphatic heterocycles. The monoisotopic (exact) mass is 305 g/mol. The van der Waals surface area contributed by atoms with Crippen molar-refractivity contribution in [2.45, 2.75) is 33.8 Å². The van der Waals surface area contributed by atoms with E-state index in [2.05, 4.69) is 5.32 Å². The summed E-state index contributed by atoms with van der Waals surface area (Å²) in [5, 5.41) is 13.0. The second-order valence-corrected chi connectivity index (χ2v) is 6.47. The lowest BCUT2D eigenvalue weighted by molar-refractivity contribution is -0.117. The Morgan fingerprint density at radius 1 is 1.36 bits per heavy atom. The normalized spacial score (nSPS) is 13.4. The number of para-hydroxylation sites is 1. The highest BCUT2D eigenvalue weighted by molar-refractivity contribution is 5.92. The van der Waals surface area contributed by atoms with Crippen molar-refractivity contribution in [2.75, 3.05) is 13.7 Å². The van der Waals surface area contributed by atoms with Crippen molar-refractivity contribution >= 4 is 12.0 Å². The Bertz CT molecular complexity index is 521. The van der Waals surface area contributed by atoms with Crippen molar-refractivity contribution in [2.24, 2.45) is 11.3 Å². The molecule has 1 atom stereocenters. The van der Waals surface area contributed by atoms with E-state index >= 15 is 0 Å². The zero-order valence-corrected chi connectivity index (χ0v) is 14.1. The van der Waals surface area contributed by atoms with Gasteiger partial charge in [-0.15, -0.1) is 0 Å². The summed E-state index contributed by atoms with van der Waals surface area (Å²) >= 11 is 0. The van der Waals surface area contributed by atoms with Crippen LogP contribution >= 0.6 is 0 Å². The van der Waals surface area contributed by atoms with Crippen molar-refractivity contribution < 1.29 is 14.6 Å². The number of carbonyl (C=O) groups is 1. The van der Waals surface area contributed by atoms with E-state index in [1.807, 2.05) is 52.0 Å². The molecule has 1 amide bonds. The SMILES string of the molecule is COc1ccccc1/C=C/C(=O)NCC(C)(C)C(O)C(C)C. The molecule has 0 fully saturated rings. The van der Waals surface area contributed by atoms with Gasteiger partial charge in [-0.25, -0.2) is 0 Å².